The first kappa shape index (κ1) is 29.5. The van der Waals surface area contributed by atoms with E-state index < -0.39 is 7.82 Å². The molecule has 3 N–H and O–H groups in total. The van der Waals surface area contributed by atoms with E-state index in [1.165, 1.54) is 70.6 Å². The summed E-state index contributed by atoms with van der Waals surface area (Å²) in [5.41, 5.74) is 0. The van der Waals surface area contributed by atoms with Crippen LogP contribution in [0.2, 0.25) is 0 Å². The zero-order valence-corrected chi connectivity index (χ0v) is 18.9. The molecule has 168 valence electrons. The van der Waals surface area contributed by atoms with Gasteiger partial charge in [0.1, 0.15) is 0 Å². The minimum Gasteiger partial charge on any atom is -0.466 e. The average Bonchev–Trinajstić information content (AvgIpc) is 2.61. The van der Waals surface area contributed by atoms with Gasteiger partial charge in [0, 0.05) is 6.42 Å². The topological polar surface area (TPSA) is 104 Å². The molecule has 0 aromatic heterocycles. The Hall–Kier alpha value is -0.680. The van der Waals surface area contributed by atoms with Gasteiger partial charge in [0.05, 0.1) is 6.61 Å². The lowest BCUT2D eigenvalue weighted by Crippen LogP contribution is -2.04. The minimum absolute atomic E-state index is 0.0236. The van der Waals surface area contributed by atoms with Crippen molar-refractivity contribution in [3.8, 4) is 0 Å². The Balaban J connectivity index is 0. The fraction of sp³-hybridized carbons (Fsp3) is 0.857. The summed E-state index contributed by atoms with van der Waals surface area (Å²) in [5, 5.41) is 0. The molecule has 0 unspecified atom stereocenters. The quantitative estimate of drug-likeness (QED) is 0.114. The second kappa shape index (κ2) is 22.6. The molecule has 0 rings (SSSR count). The fourth-order valence-corrected chi connectivity index (χ4v) is 2.63. The van der Waals surface area contributed by atoms with Crippen LogP contribution in [0.25, 0.3) is 0 Å². The average molecular weight is 423 g/mol. The number of allylic oxidation sites excluding steroid dienone is 2. The number of ether oxygens (including phenoxy) is 1. The second-order valence-corrected chi connectivity index (χ2v) is 8.09. The van der Waals surface area contributed by atoms with Crippen molar-refractivity contribution in [1.29, 1.82) is 0 Å². The van der Waals surface area contributed by atoms with Crippen molar-refractivity contribution in [2.45, 2.75) is 110 Å². The number of hydrogen-bond donors (Lipinski definition) is 3. The van der Waals surface area contributed by atoms with Gasteiger partial charge in [0.25, 0.3) is 0 Å². The summed E-state index contributed by atoms with van der Waals surface area (Å²) in [6.45, 7) is 4.86. The van der Waals surface area contributed by atoms with E-state index in [4.69, 9.17) is 24.0 Å². The van der Waals surface area contributed by atoms with Gasteiger partial charge in [-0.05, 0) is 38.5 Å². The first-order chi connectivity index (χ1) is 13.3. The van der Waals surface area contributed by atoms with Crippen LogP contribution < -0.4 is 0 Å². The molecular weight excluding hydrogens is 379 g/mol. The van der Waals surface area contributed by atoms with E-state index >= 15 is 0 Å². The predicted molar refractivity (Wildman–Crippen MR) is 115 cm³/mol. The zero-order valence-electron chi connectivity index (χ0n) is 18.0. The number of unbranched alkanes of at least 4 members (excludes halogenated alkanes) is 11. The van der Waals surface area contributed by atoms with Crippen molar-refractivity contribution in [2.75, 3.05) is 6.61 Å². The highest BCUT2D eigenvalue weighted by molar-refractivity contribution is 7.45. The van der Waals surface area contributed by atoms with Crippen molar-refractivity contribution in [2.24, 2.45) is 0 Å². The Labute approximate surface area is 172 Å². The summed E-state index contributed by atoms with van der Waals surface area (Å²) in [6.07, 6.45) is 23.0. The van der Waals surface area contributed by atoms with Crippen LogP contribution in [-0.2, 0) is 14.1 Å². The van der Waals surface area contributed by atoms with E-state index in [2.05, 4.69) is 19.1 Å². The standard InChI is InChI=1S/C21H40O2.H3O4P/c1-3-5-6-7-8-9-10-11-12-13-14-15-16-17-18-19-21(22)23-20-4-2;1-5(2,3)4/h11-12H,3-10,13-20H2,1-2H3;(H3,1,2,3,4)/b12-11-;. The molecule has 0 aromatic carbocycles. The summed E-state index contributed by atoms with van der Waals surface area (Å²) in [7, 11) is -4.64. The Kier molecular flexibility index (Phi) is 23.8. The van der Waals surface area contributed by atoms with Gasteiger partial charge in [-0.25, -0.2) is 4.57 Å². The van der Waals surface area contributed by atoms with Crippen LogP contribution in [0.15, 0.2) is 12.2 Å². The van der Waals surface area contributed by atoms with E-state index in [9.17, 15) is 4.79 Å². The van der Waals surface area contributed by atoms with Crippen LogP contribution in [-0.4, -0.2) is 27.3 Å². The molecule has 7 heteroatoms. The van der Waals surface area contributed by atoms with Gasteiger partial charge >= 0.3 is 13.8 Å². The van der Waals surface area contributed by atoms with E-state index in [1.807, 2.05) is 6.92 Å². The van der Waals surface area contributed by atoms with Gasteiger partial charge in [0.15, 0.2) is 0 Å². The Morgan fingerprint density at radius 1 is 0.750 bits per heavy atom. The van der Waals surface area contributed by atoms with E-state index in [0.29, 0.717) is 13.0 Å². The lowest BCUT2D eigenvalue weighted by Gasteiger charge is -2.03. The van der Waals surface area contributed by atoms with Crippen molar-refractivity contribution in [1.82, 2.24) is 0 Å². The number of carbonyl (C=O) groups excluding carboxylic acids is 1. The summed E-state index contributed by atoms with van der Waals surface area (Å²) in [5.74, 6) is -0.0236. The van der Waals surface area contributed by atoms with Crippen LogP contribution in [0.1, 0.15) is 110 Å². The van der Waals surface area contributed by atoms with E-state index in [0.717, 1.165) is 19.3 Å². The van der Waals surface area contributed by atoms with Crippen molar-refractivity contribution >= 4 is 13.8 Å². The third kappa shape index (κ3) is 36.3. The van der Waals surface area contributed by atoms with Crippen LogP contribution in [0.3, 0.4) is 0 Å². The molecule has 0 aliphatic heterocycles. The van der Waals surface area contributed by atoms with E-state index in [1.54, 1.807) is 0 Å². The molecule has 0 atom stereocenters. The molecule has 0 amide bonds. The normalized spacial score (nSPS) is 11.3. The number of phosphoric acid groups is 1. The molecule has 0 saturated heterocycles. The van der Waals surface area contributed by atoms with Crippen LogP contribution >= 0.6 is 7.82 Å². The smallest absolute Gasteiger partial charge is 0.466 e. The molecule has 0 aromatic rings. The van der Waals surface area contributed by atoms with Crippen LogP contribution in [0, 0.1) is 0 Å². The molecule has 0 heterocycles. The number of hydrogen-bond acceptors (Lipinski definition) is 3. The van der Waals surface area contributed by atoms with Crippen LogP contribution in [0.5, 0.6) is 0 Å². The second-order valence-electron chi connectivity index (χ2n) is 7.07. The van der Waals surface area contributed by atoms with Gasteiger partial charge in [-0.1, -0.05) is 77.4 Å². The largest absolute Gasteiger partial charge is 0.466 e. The van der Waals surface area contributed by atoms with Gasteiger partial charge in [0.2, 0.25) is 0 Å². The Morgan fingerprint density at radius 2 is 1.18 bits per heavy atom. The molecule has 6 nitrogen and oxygen atoms in total. The predicted octanol–water partition coefficient (Wildman–Crippen LogP) is 6.05. The van der Waals surface area contributed by atoms with Gasteiger partial charge in [-0.3, -0.25) is 4.79 Å². The first-order valence-corrected chi connectivity index (χ1v) is 12.5. The first-order valence-electron chi connectivity index (χ1n) is 10.9. The number of carbonyl (C=O) groups is 1. The summed E-state index contributed by atoms with van der Waals surface area (Å²) < 4.78 is 13.9. The molecule has 28 heavy (non-hydrogen) atoms. The highest BCUT2D eigenvalue weighted by Gasteiger charge is 2.01. The maximum absolute atomic E-state index is 11.3. The van der Waals surface area contributed by atoms with Gasteiger partial charge < -0.3 is 19.4 Å². The molecular formula is C21H43O6P. The monoisotopic (exact) mass is 422 g/mol. The lowest BCUT2D eigenvalue weighted by atomic mass is 10.1. The summed E-state index contributed by atoms with van der Waals surface area (Å²) in [4.78, 5) is 32.9. The van der Waals surface area contributed by atoms with Gasteiger partial charge in [-0.15, -0.1) is 0 Å². The van der Waals surface area contributed by atoms with Crippen LogP contribution in [0.4, 0.5) is 0 Å². The van der Waals surface area contributed by atoms with Crippen molar-refractivity contribution < 1.29 is 28.8 Å². The zero-order chi connectivity index (χ0) is 21.5. The molecule has 0 radical (unpaired) electrons. The fourth-order valence-electron chi connectivity index (χ4n) is 2.63. The number of esters is 1. The number of rotatable bonds is 17. The van der Waals surface area contributed by atoms with E-state index in [-0.39, 0.29) is 5.97 Å². The SMILES string of the molecule is CCCCCCCC/C=C\CCCCCCCC(=O)OCCC.O=P(O)(O)O. The third-order valence-corrected chi connectivity index (χ3v) is 4.11. The Morgan fingerprint density at radius 3 is 1.64 bits per heavy atom. The third-order valence-electron chi connectivity index (χ3n) is 4.11. The molecule has 0 aliphatic carbocycles. The maximum Gasteiger partial charge on any atom is 0.466 e. The van der Waals surface area contributed by atoms with Gasteiger partial charge in [-0.2, -0.15) is 0 Å². The Bertz CT molecular complexity index is 397. The van der Waals surface area contributed by atoms with Crippen molar-refractivity contribution in [3.63, 3.8) is 0 Å². The maximum atomic E-state index is 11.3. The van der Waals surface area contributed by atoms with Crippen molar-refractivity contribution in [3.05, 3.63) is 12.2 Å². The molecule has 0 fully saturated rings. The summed E-state index contributed by atoms with van der Waals surface area (Å²) >= 11 is 0. The molecule has 0 bridgehead atoms. The lowest BCUT2D eigenvalue weighted by molar-refractivity contribution is -0.143. The highest BCUT2D eigenvalue weighted by Crippen LogP contribution is 2.25. The molecule has 0 spiro atoms. The minimum atomic E-state index is -4.64. The summed E-state index contributed by atoms with van der Waals surface area (Å²) in [6, 6.07) is 0. The molecule has 0 aliphatic rings. The highest BCUT2D eigenvalue weighted by atomic mass is 31.2. The molecule has 0 saturated carbocycles.